The zero-order valence-corrected chi connectivity index (χ0v) is 20.7. The first-order valence-electron chi connectivity index (χ1n) is 11.8. The number of anilines is 1. The highest BCUT2D eigenvalue weighted by atomic mass is 16.5. The third kappa shape index (κ3) is 4.68. The normalized spacial score (nSPS) is 19.1. The van der Waals surface area contributed by atoms with Crippen LogP contribution in [0.15, 0.2) is 41.5 Å². The minimum Gasteiger partial charge on any atom is -0.493 e. The van der Waals surface area contributed by atoms with Crippen LogP contribution >= 0.6 is 0 Å². The number of benzene rings is 2. The number of hydrogen-bond donors (Lipinski definition) is 1. The van der Waals surface area contributed by atoms with E-state index in [0.29, 0.717) is 29.7 Å². The van der Waals surface area contributed by atoms with E-state index in [0.717, 1.165) is 42.6 Å². The second-order valence-corrected chi connectivity index (χ2v) is 9.24. The van der Waals surface area contributed by atoms with E-state index < -0.39 is 6.03 Å². The lowest BCUT2D eigenvalue weighted by Crippen LogP contribution is -2.42. The molecule has 2 heterocycles. The van der Waals surface area contributed by atoms with Crippen LogP contribution in [0.5, 0.6) is 11.5 Å². The molecule has 34 heavy (non-hydrogen) atoms. The van der Waals surface area contributed by atoms with E-state index in [1.807, 2.05) is 19.1 Å². The Morgan fingerprint density at radius 3 is 2.29 bits per heavy atom. The van der Waals surface area contributed by atoms with Gasteiger partial charge in [0.15, 0.2) is 11.5 Å². The Hall–Kier alpha value is -3.26. The average molecular weight is 466 g/mol. The molecule has 0 spiro atoms. The van der Waals surface area contributed by atoms with Crippen molar-refractivity contribution in [3.05, 3.63) is 53.1 Å². The number of hydrazone groups is 1. The number of urea groups is 1. The van der Waals surface area contributed by atoms with Gasteiger partial charge in [0.2, 0.25) is 0 Å². The highest BCUT2D eigenvalue weighted by molar-refractivity contribution is 6.14. The van der Waals surface area contributed by atoms with Crippen molar-refractivity contribution in [3.63, 3.8) is 0 Å². The molecule has 2 aliphatic rings. The topological polar surface area (TPSA) is 83.6 Å². The van der Waals surface area contributed by atoms with Crippen molar-refractivity contribution >= 4 is 17.4 Å². The van der Waals surface area contributed by atoms with Gasteiger partial charge in [0.25, 0.3) is 0 Å². The predicted octanol–water partition coefficient (Wildman–Crippen LogP) is 3.31. The van der Waals surface area contributed by atoms with E-state index in [9.17, 15) is 4.79 Å². The van der Waals surface area contributed by atoms with Gasteiger partial charge in [-0.05, 0) is 76.2 Å². The van der Waals surface area contributed by atoms with Gasteiger partial charge in [-0.25, -0.2) is 9.80 Å². The summed E-state index contributed by atoms with van der Waals surface area (Å²) in [6.07, 6.45) is 2.91. The zero-order valence-electron chi connectivity index (χ0n) is 20.7. The molecule has 0 aliphatic carbocycles. The van der Waals surface area contributed by atoms with Crippen molar-refractivity contribution in [2.75, 3.05) is 46.3 Å². The number of amides is 2. The van der Waals surface area contributed by atoms with Gasteiger partial charge in [0.05, 0.1) is 26.0 Å². The summed E-state index contributed by atoms with van der Waals surface area (Å²) in [5.74, 6) is 1.27. The number of nitrogens with zero attached hydrogens (tertiary/aromatic N) is 4. The molecule has 2 aromatic carbocycles. The van der Waals surface area contributed by atoms with Crippen LogP contribution in [-0.2, 0) is 6.42 Å². The third-order valence-electron chi connectivity index (χ3n) is 7.01. The first kappa shape index (κ1) is 23.9. The Morgan fingerprint density at radius 2 is 1.71 bits per heavy atom. The number of rotatable bonds is 5. The molecule has 2 aromatic rings. The molecule has 8 nitrogen and oxygen atoms in total. The molecule has 8 heteroatoms. The molecule has 2 aliphatic heterocycles. The molecule has 4 rings (SSSR count). The molecule has 1 unspecified atom stereocenters. The van der Waals surface area contributed by atoms with Gasteiger partial charge in [-0.3, -0.25) is 0 Å². The molecule has 2 N–H and O–H groups in total. The Morgan fingerprint density at radius 1 is 1.09 bits per heavy atom. The maximum Gasteiger partial charge on any atom is 0.335 e. The smallest absolute Gasteiger partial charge is 0.335 e. The Balaban J connectivity index is 1.72. The van der Waals surface area contributed by atoms with Crippen molar-refractivity contribution in [2.24, 2.45) is 10.8 Å². The van der Waals surface area contributed by atoms with Crippen molar-refractivity contribution < 1.29 is 14.3 Å². The van der Waals surface area contributed by atoms with Crippen LogP contribution in [0.25, 0.3) is 0 Å². The average Bonchev–Trinajstić information content (AvgIpc) is 2.98. The highest BCUT2D eigenvalue weighted by Crippen LogP contribution is 2.35. The number of nitrogens with two attached hydrogens (primary N) is 1. The molecule has 1 fully saturated rings. The quantitative estimate of drug-likeness (QED) is 0.733. The lowest BCUT2D eigenvalue weighted by atomic mass is 9.93. The highest BCUT2D eigenvalue weighted by Gasteiger charge is 2.28. The lowest BCUT2D eigenvalue weighted by Gasteiger charge is -2.36. The number of ether oxygens (including phenoxy) is 2. The number of methoxy groups -OCH3 is 2. The summed E-state index contributed by atoms with van der Waals surface area (Å²) in [6, 6.07) is 12.0. The van der Waals surface area contributed by atoms with E-state index >= 15 is 0 Å². The number of carbonyl (C=O) groups excluding carboxylic acids is 1. The minimum atomic E-state index is -0.574. The lowest BCUT2D eigenvalue weighted by molar-refractivity contribution is 0.192. The van der Waals surface area contributed by atoms with Crippen molar-refractivity contribution in [2.45, 2.75) is 38.3 Å². The van der Waals surface area contributed by atoms with Crippen LogP contribution in [0.1, 0.15) is 36.5 Å². The van der Waals surface area contributed by atoms with Crippen molar-refractivity contribution in [1.82, 2.24) is 9.91 Å². The molecule has 0 radical (unpaired) electrons. The molecule has 1 saturated heterocycles. The largest absolute Gasteiger partial charge is 0.493 e. The fourth-order valence-corrected chi connectivity index (χ4v) is 4.90. The molecule has 0 saturated carbocycles. The SMILES string of the molecule is COc1cc2c(cc1OC)C(c1ccc(N(C)C3CCN(C)CC3)cc1)=NN(C(N)=O)C(C)C2. The summed E-state index contributed by atoms with van der Waals surface area (Å²) in [4.78, 5) is 17.0. The zero-order chi connectivity index (χ0) is 24.4. The van der Waals surface area contributed by atoms with Gasteiger partial charge in [-0.2, -0.15) is 5.10 Å². The van der Waals surface area contributed by atoms with Crippen LogP contribution in [0.3, 0.4) is 0 Å². The van der Waals surface area contributed by atoms with E-state index in [-0.39, 0.29) is 6.04 Å². The molecule has 0 bridgehead atoms. The summed E-state index contributed by atoms with van der Waals surface area (Å²) < 4.78 is 11.1. The molecule has 2 amide bonds. The van der Waals surface area contributed by atoms with E-state index in [4.69, 9.17) is 20.3 Å². The summed E-state index contributed by atoms with van der Waals surface area (Å²) >= 11 is 0. The number of fused-ring (bicyclic) bond motifs is 1. The second kappa shape index (κ2) is 9.93. The van der Waals surface area contributed by atoms with E-state index in [1.54, 1.807) is 14.2 Å². The fraction of sp³-hybridized carbons (Fsp3) is 0.462. The van der Waals surface area contributed by atoms with Gasteiger partial charge in [-0.1, -0.05) is 12.1 Å². The van der Waals surface area contributed by atoms with Gasteiger partial charge < -0.3 is 25.0 Å². The molecule has 1 atom stereocenters. The van der Waals surface area contributed by atoms with E-state index in [1.165, 1.54) is 10.7 Å². The predicted molar refractivity (Wildman–Crippen MR) is 135 cm³/mol. The first-order valence-corrected chi connectivity index (χ1v) is 11.8. The molecular formula is C26H35N5O3. The summed E-state index contributed by atoms with van der Waals surface area (Å²) in [7, 11) is 7.58. The van der Waals surface area contributed by atoms with Gasteiger partial charge >= 0.3 is 6.03 Å². The molecule has 0 aromatic heterocycles. The van der Waals surface area contributed by atoms with Crippen LogP contribution in [0.2, 0.25) is 0 Å². The van der Waals surface area contributed by atoms with Crippen molar-refractivity contribution in [3.8, 4) is 11.5 Å². The summed E-state index contributed by atoms with van der Waals surface area (Å²) in [6.45, 7) is 4.18. The first-order chi connectivity index (χ1) is 16.3. The second-order valence-electron chi connectivity index (χ2n) is 9.24. The fourth-order valence-electron chi connectivity index (χ4n) is 4.90. The maximum atomic E-state index is 12.2. The van der Waals surface area contributed by atoms with Crippen LogP contribution in [-0.4, -0.2) is 75.1 Å². The maximum absolute atomic E-state index is 12.2. The number of likely N-dealkylation sites (tertiary alicyclic amines) is 1. The summed E-state index contributed by atoms with van der Waals surface area (Å²) in [5, 5.41) is 6.10. The minimum absolute atomic E-state index is 0.193. The van der Waals surface area contributed by atoms with Gasteiger partial charge in [0, 0.05) is 29.9 Å². The van der Waals surface area contributed by atoms with Gasteiger partial charge in [-0.15, -0.1) is 0 Å². The monoisotopic (exact) mass is 465 g/mol. The van der Waals surface area contributed by atoms with E-state index in [2.05, 4.69) is 48.2 Å². The van der Waals surface area contributed by atoms with Gasteiger partial charge in [0.1, 0.15) is 0 Å². The van der Waals surface area contributed by atoms with Crippen LogP contribution in [0, 0.1) is 0 Å². The summed E-state index contributed by atoms with van der Waals surface area (Å²) in [5.41, 5.74) is 10.4. The molecule has 182 valence electrons. The van der Waals surface area contributed by atoms with Crippen LogP contribution < -0.4 is 20.1 Å². The standard InChI is InChI=1S/C26H35N5O3/c1-17-14-19-15-23(33-4)24(34-5)16-22(19)25(28-31(17)26(27)32)18-6-8-20(9-7-18)30(3)21-10-12-29(2)13-11-21/h6-9,15-17,21H,10-14H2,1-5H3,(H2,27,32). The number of hydrogen-bond acceptors (Lipinski definition) is 6. The molecular weight excluding hydrogens is 430 g/mol. The number of primary amides is 1. The Bertz CT molecular complexity index is 1060. The van der Waals surface area contributed by atoms with Crippen LogP contribution in [0.4, 0.5) is 10.5 Å². The Kier molecular flexibility index (Phi) is 6.97. The number of piperidine rings is 1. The third-order valence-corrected chi connectivity index (χ3v) is 7.01. The van der Waals surface area contributed by atoms with Crippen molar-refractivity contribution in [1.29, 1.82) is 0 Å². The number of carbonyl (C=O) groups is 1. The Labute approximate surface area is 201 Å².